The molecule has 116 valence electrons. The molecule has 0 aromatic heterocycles. The molecule has 0 saturated heterocycles. The van der Waals surface area contributed by atoms with Crippen molar-refractivity contribution in [1.29, 1.82) is 0 Å². The number of aliphatic hydroxyl groups excluding tert-OH is 2. The van der Waals surface area contributed by atoms with E-state index < -0.39 is 0 Å². The van der Waals surface area contributed by atoms with Crippen LogP contribution in [0.4, 0.5) is 0 Å². The van der Waals surface area contributed by atoms with Crippen molar-refractivity contribution in [3.63, 3.8) is 0 Å². The topological polar surface area (TPSA) is 40.5 Å². The highest BCUT2D eigenvalue weighted by molar-refractivity contribution is 4.61. The third-order valence-corrected chi connectivity index (χ3v) is 4.01. The zero-order valence-corrected chi connectivity index (χ0v) is 13.1. The summed E-state index contributed by atoms with van der Waals surface area (Å²) in [6.07, 6.45) is 16.4. The molecule has 2 heteroatoms. The quantitative estimate of drug-likeness (QED) is 0.425. The maximum atomic E-state index is 8.87. The SMILES string of the molecule is CCCCCC(CCCCO)CCCCCCCO. The Morgan fingerprint density at radius 2 is 1.00 bits per heavy atom. The molecule has 0 radical (unpaired) electrons. The first-order valence-corrected chi connectivity index (χ1v) is 8.56. The normalized spacial score (nSPS) is 12.8. The summed E-state index contributed by atoms with van der Waals surface area (Å²) in [4.78, 5) is 0. The van der Waals surface area contributed by atoms with Gasteiger partial charge in [0.05, 0.1) is 0 Å². The van der Waals surface area contributed by atoms with Crippen LogP contribution in [0, 0.1) is 5.92 Å². The first-order chi connectivity index (χ1) is 9.35. The van der Waals surface area contributed by atoms with Crippen LogP contribution >= 0.6 is 0 Å². The van der Waals surface area contributed by atoms with Gasteiger partial charge in [0.1, 0.15) is 0 Å². The number of aliphatic hydroxyl groups is 2. The van der Waals surface area contributed by atoms with Crippen molar-refractivity contribution >= 4 is 0 Å². The lowest BCUT2D eigenvalue weighted by atomic mass is 9.90. The third-order valence-electron chi connectivity index (χ3n) is 4.01. The summed E-state index contributed by atoms with van der Waals surface area (Å²) in [7, 11) is 0. The Kier molecular flexibility index (Phi) is 15.9. The van der Waals surface area contributed by atoms with Crippen molar-refractivity contribution in [3.8, 4) is 0 Å². The van der Waals surface area contributed by atoms with Crippen molar-refractivity contribution in [3.05, 3.63) is 0 Å². The van der Waals surface area contributed by atoms with E-state index >= 15 is 0 Å². The van der Waals surface area contributed by atoms with Gasteiger partial charge in [0, 0.05) is 13.2 Å². The molecule has 0 amide bonds. The summed E-state index contributed by atoms with van der Waals surface area (Å²) in [5, 5.41) is 17.6. The van der Waals surface area contributed by atoms with Crippen LogP contribution in [-0.4, -0.2) is 23.4 Å². The first-order valence-electron chi connectivity index (χ1n) is 8.56. The molecular formula is C17H36O2. The molecular weight excluding hydrogens is 236 g/mol. The molecule has 0 fully saturated rings. The van der Waals surface area contributed by atoms with E-state index in [-0.39, 0.29) is 0 Å². The van der Waals surface area contributed by atoms with Gasteiger partial charge in [0.2, 0.25) is 0 Å². The van der Waals surface area contributed by atoms with Gasteiger partial charge in [0.15, 0.2) is 0 Å². The molecule has 0 aliphatic rings. The van der Waals surface area contributed by atoms with Crippen LogP contribution < -0.4 is 0 Å². The maximum Gasteiger partial charge on any atom is 0.0431 e. The molecule has 2 N–H and O–H groups in total. The number of rotatable bonds is 15. The van der Waals surface area contributed by atoms with Gasteiger partial charge in [0.25, 0.3) is 0 Å². The molecule has 0 rings (SSSR count). The largest absolute Gasteiger partial charge is 0.396 e. The van der Waals surface area contributed by atoms with Gasteiger partial charge < -0.3 is 10.2 Å². The van der Waals surface area contributed by atoms with E-state index in [1.165, 1.54) is 70.6 Å². The zero-order valence-electron chi connectivity index (χ0n) is 13.1. The summed E-state index contributed by atoms with van der Waals surface area (Å²) in [6, 6.07) is 0. The predicted octanol–water partition coefficient (Wildman–Crippen LogP) is 4.68. The van der Waals surface area contributed by atoms with Crippen LogP contribution in [0.3, 0.4) is 0 Å². The van der Waals surface area contributed by atoms with Crippen LogP contribution in [0.25, 0.3) is 0 Å². The van der Waals surface area contributed by atoms with Crippen molar-refractivity contribution in [2.45, 2.75) is 90.4 Å². The molecule has 2 nitrogen and oxygen atoms in total. The molecule has 1 unspecified atom stereocenters. The van der Waals surface area contributed by atoms with Crippen molar-refractivity contribution in [2.24, 2.45) is 5.92 Å². The Bertz CT molecular complexity index is 149. The minimum atomic E-state index is 0.348. The van der Waals surface area contributed by atoms with E-state index in [2.05, 4.69) is 6.92 Å². The number of unbranched alkanes of at least 4 members (excludes halogenated alkanes) is 7. The predicted molar refractivity (Wildman–Crippen MR) is 83.4 cm³/mol. The molecule has 0 heterocycles. The second-order valence-corrected chi connectivity index (χ2v) is 5.86. The Morgan fingerprint density at radius 1 is 0.579 bits per heavy atom. The molecule has 0 spiro atoms. The minimum Gasteiger partial charge on any atom is -0.396 e. The maximum absolute atomic E-state index is 8.87. The number of hydrogen-bond acceptors (Lipinski definition) is 2. The average molecular weight is 272 g/mol. The fourth-order valence-electron chi connectivity index (χ4n) is 2.74. The molecule has 19 heavy (non-hydrogen) atoms. The van der Waals surface area contributed by atoms with E-state index in [0.29, 0.717) is 13.2 Å². The van der Waals surface area contributed by atoms with E-state index in [0.717, 1.165) is 18.8 Å². The van der Waals surface area contributed by atoms with Gasteiger partial charge in [-0.05, 0) is 18.8 Å². The second-order valence-electron chi connectivity index (χ2n) is 5.86. The van der Waals surface area contributed by atoms with E-state index in [1.54, 1.807) is 0 Å². The summed E-state index contributed by atoms with van der Waals surface area (Å²) >= 11 is 0. The second kappa shape index (κ2) is 16.0. The molecule has 0 aromatic carbocycles. The van der Waals surface area contributed by atoms with Gasteiger partial charge in [-0.25, -0.2) is 0 Å². The average Bonchev–Trinajstić information content (AvgIpc) is 2.42. The summed E-state index contributed by atoms with van der Waals surface area (Å²) in [5.74, 6) is 0.885. The molecule has 0 aromatic rings. The summed E-state index contributed by atoms with van der Waals surface area (Å²) in [5.41, 5.74) is 0. The number of hydrogen-bond donors (Lipinski definition) is 2. The van der Waals surface area contributed by atoms with Crippen molar-refractivity contribution in [1.82, 2.24) is 0 Å². The van der Waals surface area contributed by atoms with Gasteiger partial charge in [-0.3, -0.25) is 0 Å². The molecule has 0 bridgehead atoms. The van der Waals surface area contributed by atoms with Gasteiger partial charge in [-0.1, -0.05) is 77.6 Å². The Labute approximate surface area is 120 Å². The Balaban J connectivity index is 3.58. The van der Waals surface area contributed by atoms with Crippen LogP contribution in [0.2, 0.25) is 0 Å². The highest BCUT2D eigenvalue weighted by Crippen LogP contribution is 2.23. The van der Waals surface area contributed by atoms with Crippen LogP contribution in [0.15, 0.2) is 0 Å². The van der Waals surface area contributed by atoms with E-state index in [4.69, 9.17) is 10.2 Å². The summed E-state index contributed by atoms with van der Waals surface area (Å²) < 4.78 is 0. The highest BCUT2D eigenvalue weighted by Gasteiger charge is 2.08. The van der Waals surface area contributed by atoms with E-state index in [1.807, 2.05) is 0 Å². The van der Waals surface area contributed by atoms with Crippen molar-refractivity contribution < 1.29 is 10.2 Å². The minimum absolute atomic E-state index is 0.348. The first kappa shape index (κ1) is 18.9. The molecule has 0 aliphatic carbocycles. The summed E-state index contributed by atoms with van der Waals surface area (Å²) in [6.45, 7) is 2.96. The standard InChI is InChI=1S/C17H36O2/c1-2-3-7-12-17(14-9-11-16-19)13-8-5-4-6-10-15-18/h17-19H,2-16H2,1H3. The highest BCUT2D eigenvalue weighted by atomic mass is 16.3. The third kappa shape index (κ3) is 14.1. The zero-order chi connectivity index (χ0) is 14.2. The molecule has 1 atom stereocenters. The van der Waals surface area contributed by atoms with Crippen LogP contribution in [0.5, 0.6) is 0 Å². The van der Waals surface area contributed by atoms with Gasteiger partial charge >= 0.3 is 0 Å². The molecule has 0 saturated carbocycles. The van der Waals surface area contributed by atoms with Crippen LogP contribution in [0.1, 0.15) is 90.4 Å². The lowest BCUT2D eigenvalue weighted by Gasteiger charge is -2.16. The Hall–Kier alpha value is -0.0800. The van der Waals surface area contributed by atoms with Crippen molar-refractivity contribution in [2.75, 3.05) is 13.2 Å². The van der Waals surface area contributed by atoms with Crippen LogP contribution in [-0.2, 0) is 0 Å². The molecule has 0 aliphatic heterocycles. The lowest BCUT2D eigenvalue weighted by molar-refractivity contribution is 0.272. The smallest absolute Gasteiger partial charge is 0.0431 e. The fourth-order valence-corrected chi connectivity index (χ4v) is 2.74. The fraction of sp³-hybridized carbons (Fsp3) is 1.00. The van der Waals surface area contributed by atoms with Gasteiger partial charge in [-0.2, -0.15) is 0 Å². The lowest BCUT2D eigenvalue weighted by Crippen LogP contribution is -2.02. The van der Waals surface area contributed by atoms with Gasteiger partial charge in [-0.15, -0.1) is 0 Å². The Morgan fingerprint density at radius 3 is 1.58 bits per heavy atom. The van der Waals surface area contributed by atoms with E-state index in [9.17, 15) is 0 Å². The monoisotopic (exact) mass is 272 g/mol.